The number of benzene rings is 3. The van der Waals surface area contributed by atoms with Gasteiger partial charge in [0.05, 0.1) is 18.4 Å². The van der Waals surface area contributed by atoms with Crippen molar-refractivity contribution >= 4 is 40.3 Å². The van der Waals surface area contributed by atoms with Crippen LogP contribution in [0.25, 0.3) is 0 Å². The van der Waals surface area contributed by atoms with Crippen molar-refractivity contribution in [2.75, 3.05) is 7.11 Å². The van der Waals surface area contributed by atoms with Crippen LogP contribution >= 0.6 is 15.9 Å². The summed E-state index contributed by atoms with van der Waals surface area (Å²) in [4.78, 5) is 13.1. The van der Waals surface area contributed by atoms with E-state index in [9.17, 15) is 4.79 Å². The number of carbonyl (C=O) groups excluding carboxylic acids is 1. The summed E-state index contributed by atoms with van der Waals surface area (Å²) < 4.78 is 20.7. The molecule has 30 heavy (non-hydrogen) atoms. The zero-order valence-electron chi connectivity index (χ0n) is 16.3. The van der Waals surface area contributed by atoms with Crippen LogP contribution in [0, 0.1) is 0 Å². The number of hydrogen-bond donors (Lipinski definition) is 0. The highest BCUT2D eigenvalue weighted by Crippen LogP contribution is 2.35. The van der Waals surface area contributed by atoms with Crippen LogP contribution in [-0.4, -0.2) is 36.5 Å². The van der Waals surface area contributed by atoms with Gasteiger partial charge in [0.1, 0.15) is 12.0 Å². The zero-order chi connectivity index (χ0) is 20.7. The first-order valence-electron chi connectivity index (χ1n) is 9.76. The molecule has 5 rings (SSSR count). The van der Waals surface area contributed by atoms with Crippen LogP contribution in [0.15, 0.2) is 77.3 Å². The van der Waals surface area contributed by atoms with E-state index in [-0.39, 0.29) is 5.97 Å². The summed E-state index contributed by atoms with van der Waals surface area (Å²) in [6.07, 6.45) is 2.50. The molecule has 2 aliphatic rings. The lowest BCUT2D eigenvalue weighted by Crippen LogP contribution is -2.64. The molecule has 1 fully saturated rings. The normalized spacial score (nSPS) is 21.7. The van der Waals surface area contributed by atoms with Crippen molar-refractivity contribution in [2.24, 2.45) is 0 Å². The third-order valence-electron chi connectivity index (χ3n) is 5.67. The van der Waals surface area contributed by atoms with Crippen molar-refractivity contribution in [1.82, 2.24) is 0 Å². The Morgan fingerprint density at radius 1 is 1.03 bits per heavy atom. The lowest BCUT2D eigenvalue weighted by atomic mass is 9.62. The van der Waals surface area contributed by atoms with E-state index in [0.29, 0.717) is 17.9 Å². The van der Waals surface area contributed by atoms with Crippen LogP contribution in [0.5, 0.6) is 11.5 Å². The molecule has 0 N–H and O–H groups in total. The predicted molar refractivity (Wildman–Crippen MR) is 119 cm³/mol. The predicted octanol–water partition coefficient (Wildman–Crippen LogP) is 3.30. The molecule has 2 heterocycles. The molecule has 3 aromatic carbocycles. The number of hydrogen-bond acceptors (Lipinski definition) is 4. The van der Waals surface area contributed by atoms with Crippen molar-refractivity contribution in [1.29, 1.82) is 0 Å². The summed E-state index contributed by atoms with van der Waals surface area (Å²) in [5.74, 6) is 0.999. The molecular formula is C23H19BBrNO4. The van der Waals surface area contributed by atoms with Crippen LogP contribution < -0.4 is 14.9 Å². The molecule has 0 amide bonds. The first-order valence-corrected chi connectivity index (χ1v) is 10.6. The van der Waals surface area contributed by atoms with Crippen molar-refractivity contribution in [2.45, 2.75) is 12.5 Å². The van der Waals surface area contributed by atoms with Gasteiger partial charge < -0.3 is 18.5 Å². The topological polar surface area (TPSA) is 47.8 Å². The number of fused-ring (bicyclic) bond motifs is 2. The quantitative estimate of drug-likeness (QED) is 0.557. The van der Waals surface area contributed by atoms with Gasteiger partial charge in [-0.3, -0.25) is 0 Å². The first kappa shape index (κ1) is 18.9. The number of ether oxygens (including phenoxy) is 1. The minimum Gasteiger partial charge on any atom is -0.618 e. The molecule has 0 spiro atoms. The third-order valence-corrected chi connectivity index (χ3v) is 6.39. The van der Waals surface area contributed by atoms with E-state index in [2.05, 4.69) is 15.9 Å². The van der Waals surface area contributed by atoms with Gasteiger partial charge in [-0.25, -0.2) is 4.79 Å². The SMILES string of the molecule is COc1ccc2c(c1)O[B-]1(c3ccccc3Br)OC(=O)C(Cc3ccccc3)[N+]1=C2. The maximum absolute atomic E-state index is 13.1. The summed E-state index contributed by atoms with van der Waals surface area (Å²) in [5, 5.41) is 0. The molecule has 2 aliphatic heterocycles. The highest BCUT2D eigenvalue weighted by molar-refractivity contribution is 9.10. The summed E-state index contributed by atoms with van der Waals surface area (Å²) in [6.45, 7) is -2.26. The molecular weight excluding hydrogens is 445 g/mol. The second kappa shape index (κ2) is 7.33. The van der Waals surface area contributed by atoms with Crippen molar-refractivity contribution in [3.05, 3.63) is 88.4 Å². The average Bonchev–Trinajstić information content (AvgIpc) is 3.04. The van der Waals surface area contributed by atoms with Crippen LogP contribution in [0.2, 0.25) is 0 Å². The molecule has 1 saturated heterocycles. The highest BCUT2D eigenvalue weighted by atomic mass is 79.9. The Balaban J connectivity index is 1.68. The zero-order valence-corrected chi connectivity index (χ0v) is 17.9. The number of rotatable bonds is 4. The lowest BCUT2D eigenvalue weighted by molar-refractivity contribution is -0.432. The minimum atomic E-state index is -2.26. The summed E-state index contributed by atoms with van der Waals surface area (Å²) >= 11 is 3.62. The Bertz CT molecular complexity index is 1170. The summed E-state index contributed by atoms with van der Waals surface area (Å²) in [5.41, 5.74) is 2.72. The maximum atomic E-state index is 13.1. The Morgan fingerprint density at radius 3 is 2.57 bits per heavy atom. The van der Waals surface area contributed by atoms with Crippen molar-refractivity contribution in [3.8, 4) is 11.5 Å². The molecule has 3 aromatic rings. The van der Waals surface area contributed by atoms with Crippen molar-refractivity contribution < 1.29 is 23.3 Å². The van der Waals surface area contributed by atoms with Gasteiger partial charge >= 0.3 is 12.7 Å². The standard InChI is InChI=1S/C23H19BBrNO4/c1-28-18-12-11-17-15-26-21(13-16-7-3-2-4-8-16)23(27)30-24(26,29-22(17)14-18)19-9-5-6-10-20(19)25/h2-12,14-15,21H,13H2,1H3. The Kier molecular flexibility index (Phi) is 4.63. The van der Waals surface area contributed by atoms with Crippen LogP contribution in [0.3, 0.4) is 0 Å². The number of methoxy groups -OCH3 is 1. The van der Waals surface area contributed by atoms with E-state index in [4.69, 9.17) is 14.0 Å². The van der Waals surface area contributed by atoms with Gasteiger partial charge in [-0.05, 0) is 27.6 Å². The van der Waals surface area contributed by atoms with Gasteiger partial charge in [0, 0.05) is 12.5 Å². The fourth-order valence-electron chi connectivity index (χ4n) is 4.20. The second-order valence-electron chi connectivity index (χ2n) is 7.43. The average molecular weight is 464 g/mol. The largest absolute Gasteiger partial charge is 0.683 e. The molecule has 0 saturated carbocycles. The minimum absolute atomic E-state index is 0.300. The van der Waals surface area contributed by atoms with Crippen LogP contribution in [-0.2, 0) is 15.9 Å². The van der Waals surface area contributed by atoms with E-state index in [0.717, 1.165) is 21.1 Å². The molecule has 2 unspecified atom stereocenters. The molecule has 2 atom stereocenters. The van der Waals surface area contributed by atoms with Gasteiger partial charge in [-0.2, -0.15) is 0 Å². The fraction of sp³-hybridized carbons (Fsp3) is 0.130. The number of halogens is 1. The van der Waals surface area contributed by atoms with Gasteiger partial charge in [0.2, 0.25) is 6.04 Å². The summed E-state index contributed by atoms with van der Waals surface area (Å²) in [6, 6.07) is 22.8. The Hall–Kier alpha value is -3.06. The Morgan fingerprint density at radius 2 is 1.80 bits per heavy atom. The fourth-order valence-corrected chi connectivity index (χ4v) is 4.77. The van der Waals surface area contributed by atoms with E-state index >= 15 is 0 Å². The van der Waals surface area contributed by atoms with Gasteiger partial charge in [0.15, 0.2) is 0 Å². The first-order chi connectivity index (χ1) is 14.6. The molecule has 5 nitrogen and oxygen atoms in total. The van der Waals surface area contributed by atoms with Crippen LogP contribution in [0.1, 0.15) is 11.1 Å². The van der Waals surface area contributed by atoms with E-state index < -0.39 is 12.7 Å². The highest BCUT2D eigenvalue weighted by Gasteiger charge is 2.62. The van der Waals surface area contributed by atoms with E-state index in [1.807, 2.05) is 83.5 Å². The molecule has 0 aliphatic carbocycles. The van der Waals surface area contributed by atoms with Gasteiger partial charge in [-0.15, -0.1) is 0 Å². The lowest BCUT2D eigenvalue weighted by Gasteiger charge is -2.36. The monoisotopic (exact) mass is 463 g/mol. The second-order valence-corrected chi connectivity index (χ2v) is 8.29. The maximum Gasteiger partial charge on any atom is 0.683 e. The van der Waals surface area contributed by atoms with Gasteiger partial charge in [0.25, 0.3) is 0 Å². The molecule has 0 aromatic heterocycles. The number of nitrogens with zero attached hydrogens (tertiary/aromatic N) is 1. The molecule has 0 bridgehead atoms. The number of carbonyl (C=O) groups is 1. The van der Waals surface area contributed by atoms with Crippen LogP contribution in [0.4, 0.5) is 0 Å². The Labute approximate surface area is 183 Å². The summed E-state index contributed by atoms with van der Waals surface area (Å²) in [7, 11) is 1.61. The third kappa shape index (κ3) is 3.01. The molecule has 7 heteroatoms. The molecule has 150 valence electrons. The van der Waals surface area contributed by atoms with Gasteiger partial charge in [-0.1, -0.05) is 70.5 Å². The van der Waals surface area contributed by atoms with E-state index in [1.165, 1.54) is 0 Å². The van der Waals surface area contributed by atoms with Crippen molar-refractivity contribution in [3.63, 3.8) is 0 Å². The van der Waals surface area contributed by atoms with E-state index in [1.54, 1.807) is 7.11 Å². The molecule has 0 radical (unpaired) electrons. The smallest absolute Gasteiger partial charge is 0.618 e.